The van der Waals surface area contributed by atoms with Gasteiger partial charge in [0.1, 0.15) is 6.10 Å². The molecule has 1 saturated heterocycles. The number of ether oxygens (including phenoxy) is 3. The number of nitrogens with one attached hydrogen (secondary N) is 1. The normalized spacial score (nSPS) is 21.5. The summed E-state index contributed by atoms with van der Waals surface area (Å²) in [4.78, 5) is 15.2. The van der Waals surface area contributed by atoms with Crippen LogP contribution >= 0.6 is 0 Å². The van der Waals surface area contributed by atoms with Gasteiger partial charge in [-0.05, 0) is 37.0 Å². The van der Waals surface area contributed by atoms with E-state index in [0.29, 0.717) is 30.7 Å². The van der Waals surface area contributed by atoms with E-state index in [0.717, 1.165) is 31.4 Å². The van der Waals surface area contributed by atoms with Crippen molar-refractivity contribution in [2.75, 3.05) is 33.9 Å². The van der Waals surface area contributed by atoms with E-state index in [-0.39, 0.29) is 18.1 Å². The predicted molar refractivity (Wildman–Crippen MR) is 95.1 cm³/mol. The Bertz CT molecular complexity index is 597. The first-order chi connectivity index (χ1) is 12.2. The van der Waals surface area contributed by atoms with E-state index in [9.17, 15) is 4.79 Å². The molecule has 1 aliphatic heterocycles. The number of carbonyl (C=O) groups excluding carboxylic acids is 1. The largest absolute Gasteiger partial charge is 0.493 e. The van der Waals surface area contributed by atoms with E-state index in [2.05, 4.69) is 12.2 Å². The van der Waals surface area contributed by atoms with Gasteiger partial charge < -0.3 is 24.4 Å². The van der Waals surface area contributed by atoms with Gasteiger partial charge in [0.25, 0.3) is 5.91 Å². The van der Waals surface area contributed by atoms with Gasteiger partial charge in [-0.1, -0.05) is 13.0 Å². The number of morpholine rings is 1. The van der Waals surface area contributed by atoms with Crippen LogP contribution in [0.3, 0.4) is 0 Å². The molecule has 2 fully saturated rings. The standard InChI is InChI=1S/C19H28N2O4/c1-4-15(13-5-8-16(23-2)17(11-13)24-3)21(14-6-7-14)19(22)18-12-20-9-10-25-18/h5,8,11,14-15,18,20H,4,6-7,9-10,12H2,1-3H3/t15-,18-/m1/s1. The Morgan fingerprint density at radius 2 is 2.08 bits per heavy atom. The molecular weight excluding hydrogens is 320 g/mol. The Morgan fingerprint density at radius 3 is 2.64 bits per heavy atom. The van der Waals surface area contributed by atoms with Gasteiger partial charge in [0.05, 0.1) is 26.9 Å². The van der Waals surface area contributed by atoms with Gasteiger partial charge in [0.2, 0.25) is 0 Å². The molecule has 6 heteroatoms. The average Bonchev–Trinajstić information content (AvgIpc) is 3.50. The molecule has 0 radical (unpaired) electrons. The third kappa shape index (κ3) is 3.90. The fourth-order valence-corrected chi connectivity index (χ4v) is 3.48. The quantitative estimate of drug-likeness (QED) is 0.818. The highest BCUT2D eigenvalue weighted by molar-refractivity contribution is 5.82. The summed E-state index contributed by atoms with van der Waals surface area (Å²) >= 11 is 0. The first-order valence-corrected chi connectivity index (χ1v) is 9.06. The van der Waals surface area contributed by atoms with Crippen molar-refractivity contribution < 1.29 is 19.0 Å². The Balaban J connectivity index is 1.86. The summed E-state index contributed by atoms with van der Waals surface area (Å²) in [6, 6.07) is 6.25. The van der Waals surface area contributed by atoms with Crippen molar-refractivity contribution in [3.05, 3.63) is 23.8 Å². The van der Waals surface area contributed by atoms with Crippen molar-refractivity contribution in [2.45, 2.75) is 44.4 Å². The van der Waals surface area contributed by atoms with Crippen LogP contribution in [0.2, 0.25) is 0 Å². The average molecular weight is 348 g/mol. The predicted octanol–water partition coefficient (Wildman–Crippen LogP) is 2.13. The maximum absolute atomic E-state index is 13.1. The highest BCUT2D eigenvalue weighted by Gasteiger charge is 2.40. The number of hydrogen-bond acceptors (Lipinski definition) is 5. The number of rotatable bonds is 7. The smallest absolute Gasteiger partial charge is 0.253 e. The Morgan fingerprint density at radius 1 is 1.32 bits per heavy atom. The highest BCUT2D eigenvalue weighted by atomic mass is 16.5. The topological polar surface area (TPSA) is 60.0 Å². The van der Waals surface area contributed by atoms with Crippen LogP contribution in [-0.4, -0.2) is 56.9 Å². The fourth-order valence-electron chi connectivity index (χ4n) is 3.48. The zero-order valence-electron chi connectivity index (χ0n) is 15.3. The number of nitrogens with zero attached hydrogens (tertiary/aromatic N) is 1. The summed E-state index contributed by atoms with van der Waals surface area (Å²) in [5.74, 6) is 1.48. The fraction of sp³-hybridized carbons (Fsp3) is 0.632. The van der Waals surface area contributed by atoms with E-state index in [1.54, 1.807) is 14.2 Å². The van der Waals surface area contributed by atoms with Gasteiger partial charge in [-0.3, -0.25) is 4.79 Å². The first kappa shape index (κ1) is 18.0. The van der Waals surface area contributed by atoms with E-state index >= 15 is 0 Å². The SMILES string of the molecule is CC[C@H](c1ccc(OC)c(OC)c1)N(C(=O)[C@H]1CNCCO1)C1CC1. The number of carbonyl (C=O) groups is 1. The minimum atomic E-state index is -0.386. The molecule has 0 aromatic heterocycles. The lowest BCUT2D eigenvalue weighted by Crippen LogP contribution is -2.51. The number of methoxy groups -OCH3 is 2. The molecular formula is C19H28N2O4. The lowest BCUT2D eigenvalue weighted by Gasteiger charge is -2.36. The van der Waals surface area contributed by atoms with Gasteiger partial charge in [-0.25, -0.2) is 0 Å². The summed E-state index contributed by atoms with van der Waals surface area (Å²) < 4.78 is 16.5. The summed E-state index contributed by atoms with van der Waals surface area (Å²) in [5, 5.41) is 3.25. The van der Waals surface area contributed by atoms with Crippen LogP contribution in [0, 0.1) is 0 Å². The van der Waals surface area contributed by atoms with E-state index < -0.39 is 0 Å². The van der Waals surface area contributed by atoms with Crippen LogP contribution in [0.5, 0.6) is 11.5 Å². The third-order valence-electron chi connectivity index (χ3n) is 4.91. The van der Waals surface area contributed by atoms with Crippen LogP contribution in [0.4, 0.5) is 0 Å². The molecule has 3 rings (SSSR count). The van der Waals surface area contributed by atoms with Crippen molar-refractivity contribution >= 4 is 5.91 Å². The summed E-state index contributed by atoms with van der Waals surface area (Å²) in [6.07, 6.45) is 2.59. The van der Waals surface area contributed by atoms with Crippen LogP contribution in [0.15, 0.2) is 18.2 Å². The molecule has 6 nitrogen and oxygen atoms in total. The van der Waals surface area contributed by atoms with E-state index in [1.165, 1.54) is 0 Å². The molecule has 2 aliphatic rings. The molecule has 1 aromatic rings. The Kier molecular flexibility index (Phi) is 5.81. The minimum Gasteiger partial charge on any atom is -0.493 e. The number of amides is 1. The second-order valence-corrected chi connectivity index (χ2v) is 6.58. The number of benzene rings is 1. The molecule has 2 atom stereocenters. The molecule has 25 heavy (non-hydrogen) atoms. The number of hydrogen-bond donors (Lipinski definition) is 1. The van der Waals surface area contributed by atoms with Gasteiger partial charge in [-0.2, -0.15) is 0 Å². The first-order valence-electron chi connectivity index (χ1n) is 9.06. The molecule has 138 valence electrons. The Labute approximate surface area is 149 Å². The second kappa shape index (κ2) is 8.06. The lowest BCUT2D eigenvalue weighted by atomic mass is 10.0. The second-order valence-electron chi connectivity index (χ2n) is 6.58. The molecule has 1 amide bonds. The molecule has 1 N–H and O–H groups in total. The van der Waals surface area contributed by atoms with Gasteiger partial charge in [-0.15, -0.1) is 0 Å². The zero-order valence-corrected chi connectivity index (χ0v) is 15.3. The minimum absolute atomic E-state index is 0.0188. The van der Waals surface area contributed by atoms with Crippen molar-refractivity contribution in [3.63, 3.8) is 0 Å². The van der Waals surface area contributed by atoms with Crippen molar-refractivity contribution in [2.24, 2.45) is 0 Å². The summed E-state index contributed by atoms with van der Waals surface area (Å²) in [6.45, 7) is 4.09. The monoisotopic (exact) mass is 348 g/mol. The third-order valence-corrected chi connectivity index (χ3v) is 4.91. The van der Waals surface area contributed by atoms with Crippen molar-refractivity contribution in [3.8, 4) is 11.5 Å². The molecule has 1 heterocycles. The van der Waals surface area contributed by atoms with Crippen molar-refractivity contribution in [1.29, 1.82) is 0 Å². The molecule has 1 saturated carbocycles. The van der Waals surface area contributed by atoms with E-state index in [4.69, 9.17) is 14.2 Å². The maximum Gasteiger partial charge on any atom is 0.253 e. The highest BCUT2D eigenvalue weighted by Crippen LogP contribution is 2.39. The molecule has 1 aromatic carbocycles. The summed E-state index contributed by atoms with van der Waals surface area (Å²) in [7, 11) is 3.26. The molecule has 0 spiro atoms. The van der Waals surface area contributed by atoms with Crippen LogP contribution in [-0.2, 0) is 9.53 Å². The lowest BCUT2D eigenvalue weighted by molar-refractivity contribution is -0.148. The van der Waals surface area contributed by atoms with Crippen LogP contribution < -0.4 is 14.8 Å². The Hall–Kier alpha value is -1.79. The van der Waals surface area contributed by atoms with Gasteiger partial charge >= 0.3 is 0 Å². The zero-order chi connectivity index (χ0) is 17.8. The molecule has 0 unspecified atom stereocenters. The van der Waals surface area contributed by atoms with Gasteiger partial charge in [0, 0.05) is 19.1 Å². The van der Waals surface area contributed by atoms with Crippen LogP contribution in [0.25, 0.3) is 0 Å². The van der Waals surface area contributed by atoms with Crippen molar-refractivity contribution in [1.82, 2.24) is 10.2 Å². The molecule has 1 aliphatic carbocycles. The van der Waals surface area contributed by atoms with E-state index in [1.807, 2.05) is 23.1 Å². The van der Waals surface area contributed by atoms with Crippen LogP contribution in [0.1, 0.15) is 37.8 Å². The summed E-state index contributed by atoms with van der Waals surface area (Å²) in [5.41, 5.74) is 1.07. The maximum atomic E-state index is 13.1. The molecule has 0 bridgehead atoms. The van der Waals surface area contributed by atoms with Gasteiger partial charge in [0.15, 0.2) is 11.5 Å².